The number of likely N-dealkylation sites (tertiary alicyclic amines) is 1. The van der Waals surface area contributed by atoms with Gasteiger partial charge in [-0.15, -0.1) is 0 Å². The van der Waals surface area contributed by atoms with Crippen LogP contribution >= 0.6 is 0 Å². The minimum atomic E-state index is -5.85. The molecule has 8 rings (SSSR count). The van der Waals surface area contributed by atoms with Crippen LogP contribution in [0.1, 0.15) is 68.7 Å². The molecule has 0 radical (unpaired) electrons. The number of rotatable bonds is 10. The Morgan fingerprint density at radius 3 is 1.71 bits per heavy atom. The molecule has 2 spiro atoms. The third kappa shape index (κ3) is 16.1. The van der Waals surface area contributed by atoms with E-state index in [4.69, 9.17) is 18.9 Å². The number of hydrogen-bond donors (Lipinski definition) is 1. The number of piperidine rings is 2. The summed E-state index contributed by atoms with van der Waals surface area (Å²) in [6.45, 7) is 2.96. The third-order valence-electron chi connectivity index (χ3n) is 10.8. The molecule has 0 saturated carbocycles. The fourth-order valence-electron chi connectivity index (χ4n) is 7.62. The summed E-state index contributed by atoms with van der Waals surface area (Å²) in [6, 6.07) is 33.5. The normalized spacial score (nSPS) is 17.1. The number of carbonyl (C=O) groups excluding carboxylic acids is 1. The summed E-state index contributed by atoms with van der Waals surface area (Å²) >= 11 is 0. The molecular formula is C48H54BF6KN2O9S. The molecule has 1 amide bonds. The molecule has 4 aliphatic rings. The number of nitrogens with one attached hydrogen (secondary N) is 1. The summed E-state index contributed by atoms with van der Waals surface area (Å²) in [4.78, 5) is 13.7. The Hall–Kier alpha value is -3.86. The van der Waals surface area contributed by atoms with E-state index in [0.717, 1.165) is 42.8 Å². The number of amides is 1. The molecule has 4 aromatic rings. The molecule has 1 N–H and O–H groups in total. The largest absolute Gasteiger partial charge is 1.00 e. The molecule has 0 aliphatic carbocycles. The maximum absolute atomic E-state index is 12.8. The summed E-state index contributed by atoms with van der Waals surface area (Å²) in [5.74, 6) is 0.748. The van der Waals surface area contributed by atoms with Gasteiger partial charge in [0.1, 0.15) is 28.3 Å². The van der Waals surface area contributed by atoms with Crippen LogP contribution in [-0.2, 0) is 41.7 Å². The Labute approximate surface area is 436 Å². The van der Waals surface area contributed by atoms with E-state index in [0.29, 0.717) is 13.2 Å². The number of halogens is 6. The first-order valence-corrected chi connectivity index (χ1v) is 23.2. The summed E-state index contributed by atoms with van der Waals surface area (Å²) in [5, 5.41) is 3.42. The Bertz CT molecular complexity index is 2440. The van der Waals surface area contributed by atoms with E-state index in [1.165, 1.54) is 40.3 Å². The number of alkyl halides is 3. The molecule has 362 valence electrons. The molecule has 68 heavy (non-hydrogen) atoms. The van der Waals surface area contributed by atoms with E-state index in [1.807, 2.05) is 24.3 Å². The van der Waals surface area contributed by atoms with E-state index >= 15 is 0 Å². The van der Waals surface area contributed by atoms with Crippen molar-refractivity contribution < 1.29 is 119 Å². The predicted molar refractivity (Wildman–Crippen MR) is 242 cm³/mol. The van der Waals surface area contributed by atoms with E-state index in [9.17, 15) is 39.3 Å². The van der Waals surface area contributed by atoms with Crippen molar-refractivity contribution in [1.82, 2.24) is 10.2 Å². The second-order valence-corrected chi connectivity index (χ2v) is 18.9. The number of para-hydroxylation sites is 2. The van der Waals surface area contributed by atoms with Crippen LogP contribution in [0, 0.1) is 0 Å². The van der Waals surface area contributed by atoms with Gasteiger partial charge in [-0.25, -0.2) is 4.79 Å². The van der Waals surface area contributed by atoms with Crippen molar-refractivity contribution in [3.8, 4) is 11.5 Å². The zero-order valence-corrected chi connectivity index (χ0v) is 42.3. The second kappa shape index (κ2) is 23.8. The summed E-state index contributed by atoms with van der Waals surface area (Å²) in [7, 11) is -5.85. The van der Waals surface area contributed by atoms with Crippen molar-refractivity contribution in [3.63, 3.8) is 0 Å². The number of nitrogens with zero attached hydrogens (tertiary/aromatic N) is 1. The van der Waals surface area contributed by atoms with Gasteiger partial charge in [-0.1, -0.05) is 91.0 Å². The Morgan fingerprint density at radius 2 is 1.18 bits per heavy atom. The van der Waals surface area contributed by atoms with Crippen molar-refractivity contribution in [3.05, 3.63) is 144 Å². The van der Waals surface area contributed by atoms with Gasteiger partial charge in [-0.05, 0) is 74.8 Å². The number of benzene rings is 4. The summed E-state index contributed by atoms with van der Waals surface area (Å²) in [6.07, 6.45) is 5.51. The molecule has 0 aromatic heterocycles. The van der Waals surface area contributed by atoms with Gasteiger partial charge in [0, 0.05) is 56.9 Å². The van der Waals surface area contributed by atoms with Crippen molar-refractivity contribution in [2.45, 2.75) is 82.0 Å². The van der Waals surface area contributed by atoms with Gasteiger partial charge in [0.05, 0.1) is 25.4 Å². The van der Waals surface area contributed by atoms with Gasteiger partial charge in [-0.3, -0.25) is 0 Å². The monoisotopic (exact) mass is 998 g/mol. The van der Waals surface area contributed by atoms with Crippen LogP contribution in [0.4, 0.5) is 30.9 Å². The first-order chi connectivity index (χ1) is 31.6. The maximum atomic E-state index is 12.8. The molecule has 4 aliphatic heterocycles. The van der Waals surface area contributed by atoms with Gasteiger partial charge in [0.25, 0.3) is 0 Å². The van der Waals surface area contributed by atoms with Gasteiger partial charge in [-0.2, -0.15) is 21.6 Å². The zero-order valence-electron chi connectivity index (χ0n) is 38.4. The van der Waals surface area contributed by atoms with Crippen LogP contribution in [0.5, 0.6) is 11.5 Å². The van der Waals surface area contributed by atoms with Crippen LogP contribution in [0.15, 0.2) is 121 Å². The molecule has 4 heterocycles. The molecule has 20 heteroatoms. The maximum Gasteiger partial charge on any atom is 1.00 e. The molecule has 2 fully saturated rings. The van der Waals surface area contributed by atoms with E-state index in [-0.39, 0.29) is 101 Å². The predicted octanol–water partition coefficient (Wildman–Crippen LogP) is 7.45. The van der Waals surface area contributed by atoms with E-state index in [1.54, 1.807) is 57.2 Å². The smallest absolute Gasteiger partial charge is 0.482 e. The van der Waals surface area contributed by atoms with Gasteiger partial charge >= 0.3 is 80.1 Å². The molecule has 11 nitrogen and oxygen atoms in total. The Kier molecular flexibility index (Phi) is 19.3. The second-order valence-electron chi connectivity index (χ2n) is 17.4. The fraction of sp³-hybridized carbons (Fsp3) is 0.396. The number of fused-ring (bicyclic) bond motifs is 2. The fourth-order valence-corrected chi connectivity index (χ4v) is 8.09. The molecule has 0 atom stereocenters. The SMILES string of the molecule is C1=C(COCc2ccccc2)c2ccccc2OC12CCNCC2.CC(C)(C)OC(=O)N1CCC2(C=C(OS(=O)(=O)C(F)(F)F)c3ccccc3O2)CC1.F[B-](F)(F)COCc1ccccc1.[K+]. The zero-order chi connectivity index (χ0) is 48.4. The summed E-state index contributed by atoms with van der Waals surface area (Å²) < 4.78 is 129. The van der Waals surface area contributed by atoms with E-state index < -0.39 is 52.2 Å². The van der Waals surface area contributed by atoms with Crippen molar-refractivity contribution >= 4 is 34.5 Å². The Balaban J connectivity index is 0.000000203. The van der Waals surface area contributed by atoms with Gasteiger partial charge in [0.15, 0.2) is 5.76 Å². The van der Waals surface area contributed by atoms with Crippen LogP contribution in [-0.4, -0.2) is 88.0 Å². The Morgan fingerprint density at radius 1 is 0.691 bits per heavy atom. The van der Waals surface area contributed by atoms with Crippen LogP contribution < -0.4 is 66.2 Å². The number of hydrogen-bond acceptors (Lipinski definition) is 10. The number of ether oxygens (including phenoxy) is 5. The van der Waals surface area contributed by atoms with Crippen molar-refractivity contribution in [2.75, 3.05) is 39.3 Å². The molecular weight excluding hydrogens is 944 g/mol. The molecule has 0 bridgehead atoms. The van der Waals surface area contributed by atoms with Gasteiger partial charge < -0.3 is 51.0 Å². The van der Waals surface area contributed by atoms with Gasteiger partial charge in [0.2, 0.25) is 0 Å². The number of carbonyl (C=O) groups is 1. The van der Waals surface area contributed by atoms with E-state index in [2.05, 4.69) is 50.6 Å². The minimum Gasteiger partial charge on any atom is -0.482 e. The quantitative estimate of drug-likeness (QED) is 0.0743. The average molecular weight is 999 g/mol. The third-order valence-corrected chi connectivity index (χ3v) is 11.8. The average Bonchev–Trinajstić information content (AvgIpc) is 3.26. The first-order valence-electron chi connectivity index (χ1n) is 21.8. The molecule has 0 unspecified atom stereocenters. The van der Waals surface area contributed by atoms with Crippen molar-refractivity contribution in [1.29, 1.82) is 0 Å². The molecule has 4 aromatic carbocycles. The molecule has 2 saturated heterocycles. The summed E-state index contributed by atoms with van der Waals surface area (Å²) in [5.41, 5.74) is -3.05. The minimum absolute atomic E-state index is 0. The van der Waals surface area contributed by atoms with Crippen molar-refractivity contribution in [2.24, 2.45) is 0 Å². The van der Waals surface area contributed by atoms with Crippen LogP contribution in [0.3, 0.4) is 0 Å². The van der Waals surface area contributed by atoms with Crippen LogP contribution in [0.2, 0.25) is 0 Å². The van der Waals surface area contributed by atoms with Crippen LogP contribution in [0.25, 0.3) is 11.3 Å². The first kappa shape index (κ1) is 55.1. The topological polar surface area (TPSA) is 122 Å². The standard InChI is InChI=1S/C21H23NO2.C19H22F3NO6S.C8H9BF3O.K/c1-2-6-17(7-3-1)15-23-16-18-14-21(10-12-22-13-11-21)24-20-9-5-4-8-19(18)20;1-17(2,3)28-16(24)23-10-8-18(9-11-23)12-15(29-30(25,26)19(20,21)22)13-6-4-5-7-14(13)27-18;10-9(11,12)7-13-6-8-4-2-1-3-5-8;/h1-9,14,22H,10-13,15-16H2;4-7,12H,8-11H2,1-3H3;1-5H,6-7H2;/q;;-1;+1.